The third-order valence-corrected chi connectivity index (χ3v) is 1.53. The standard InChI is InChI=1S/C2H8N2O2S.C2H6/c1-4(2)7(3,5)6;1-2/h1-2H3,(H2,3,5,6);1-2H3. The summed E-state index contributed by atoms with van der Waals surface area (Å²) in [7, 11) is -0.667. The molecular formula is C4H14N2O2S. The fourth-order valence-electron chi connectivity index (χ4n) is 0. The van der Waals surface area contributed by atoms with Gasteiger partial charge in [0.05, 0.1) is 0 Å². The van der Waals surface area contributed by atoms with E-state index in [0.717, 1.165) is 4.31 Å². The van der Waals surface area contributed by atoms with Crippen LogP contribution in [0.15, 0.2) is 0 Å². The minimum Gasteiger partial charge on any atom is -0.216 e. The van der Waals surface area contributed by atoms with E-state index in [2.05, 4.69) is 5.14 Å². The highest BCUT2D eigenvalue weighted by Crippen LogP contribution is 1.77. The Hall–Kier alpha value is -0.130. The normalized spacial score (nSPS) is 10.4. The molecule has 0 amide bonds. The van der Waals surface area contributed by atoms with E-state index < -0.39 is 10.2 Å². The summed E-state index contributed by atoms with van der Waals surface area (Å²) in [6, 6.07) is 0. The smallest absolute Gasteiger partial charge is 0.216 e. The topological polar surface area (TPSA) is 63.4 Å². The molecule has 0 saturated heterocycles. The van der Waals surface area contributed by atoms with Gasteiger partial charge in [-0.1, -0.05) is 13.8 Å². The minimum atomic E-state index is -3.41. The molecule has 0 radical (unpaired) electrons. The molecule has 0 aromatic heterocycles. The highest BCUT2D eigenvalue weighted by molar-refractivity contribution is 7.86. The quantitative estimate of drug-likeness (QED) is 0.567. The molecule has 0 aliphatic rings. The number of rotatable bonds is 1. The average Bonchev–Trinajstić information content (AvgIpc) is 1.69. The molecule has 0 heterocycles. The average molecular weight is 154 g/mol. The van der Waals surface area contributed by atoms with E-state index in [1.165, 1.54) is 14.1 Å². The van der Waals surface area contributed by atoms with Gasteiger partial charge in [0, 0.05) is 14.1 Å². The zero-order valence-electron chi connectivity index (χ0n) is 6.25. The van der Waals surface area contributed by atoms with E-state index in [1.54, 1.807) is 0 Å². The lowest BCUT2D eigenvalue weighted by atomic mass is 11.0. The van der Waals surface area contributed by atoms with Crippen LogP contribution < -0.4 is 5.14 Å². The van der Waals surface area contributed by atoms with E-state index in [1.807, 2.05) is 13.8 Å². The molecule has 4 nitrogen and oxygen atoms in total. The molecule has 0 unspecified atom stereocenters. The first-order valence-electron chi connectivity index (χ1n) is 2.65. The Morgan fingerprint density at radius 2 is 1.33 bits per heavy atom. The summed E-state index contributed by atoms with van der Waals surface area (Å²) in [5.74, 6) is 0. The summed E-state index contributed by atoms with van der Waals surface area (Å²) in [4.78, 5) is 0. The second kappa shape index (κ2) is 4.72. The number of nitrogens with two attached hydrogens (primary N) is 1. The van der Waals surface area contributed by atoms with E-state index in [0.29, 0.717) is 0 Å². The van der Waals surface area contributed by atoms with Crippen molar-refractivity contribution in [2.75, 3.05) is 14.1 Å². The molecule has 0 spiro atoms. The molecule has 0 fully saturated rings. The predicted molar refractivity (Wildman–Crippen MR) is 38.1 cm³/mol. The molecule has 0 aliphatic heterocycles. The Morgan fingerprint density at radius 1 is 1.22 bits per heavy atom. The van der Waals surface area contributed by atoms with Gasteiger partial charge in [0.25, 0.3) is 10.2 Å². The Labute approximate surface area is 56.8 Å². The van der Waals surface area contributed by atoms with Crippen LogP contribution in [0.4, 0.5) is 0 Å². The van der Waals surface area contributed by atoms with Crippen LogP contribution in [0.1, 0.15) is 13.8 Å². The molecule has 0 rings (SSSR count). The van der Waals surface area contributed by atoms with Crippen LogP contribution in [-0.2, 0) is 10.2 Å². The predicted octanol–water partition coefficient (Wildman–Crippen LogP) is -0.222. The van der Waals surface area contributed by atoms with Crippen LogP contribution in [-0.4, -0.2) is 26.8 Å². The van der Waals surface area contributed by atoms with E-state index in [9.17, 15) is 8.42 Å². The number of hydrogen-bond donors (Lipinski definition) is 1. The van der Waals surface area contributed by atoms with Crippen LogP contribution in [0.2, 0.25) is 0 Å². The first-order chi connectivity index (χ1) is 3.94. The summed E-state index contributed by atoms with van der Waals surface area (Å²) < 4.78 is 21.0. The van der Waals surface area contributed by atoms with Crippen LogP contribution in [0.25, 0.3) is 0 Å². The summed E-state index contributed by atoms with van der Waals surface area (Å²) in [6.45, 7) is 4.00. The minimum absolute atomic E-state index is 0.938. The van der Waals surface area contributed by atoms with Crippen molar-refractivity contribution >= 4 is 10.2 Å². The maximum atomic E-state index is 10.0. The lowest BCUT2D eigenvalue weighted by Gasteiger charge is -2.02. The van der Waals surface area contributed by atoms with Crippen LogP contribution in [0.5, 0.6) is 0 Å². The van der Waals surface area contributed by atoms with Crippen LogP contribution in [0, 0.1) is 0 Å². The molecule has 2 N–H and O–H groups in total. The fraction of sp³-hybridized carbons (Fsp3) is 1.00. The van der Waals surface area contributed by atoms with E-state index in [4.69, 9.17) is 0 Å². The van der Waals surface area contributed by atoms with Gasteiger partial charge in [-0.05, 0) is 0 Å². The molecule has 0 aromatic carbocycles. The van der Waals surface area contributed by atoms with E-state index in [-0.39, 0.29) is 0 Å². The lowest BCUT2D eigenvalue weighted by Crippen LogP contribution is -2.29. The molecule has 58 valence electrons. The summed E-state index contributed by atoms with van der Waals surface area (Å²) in [5, 5.41) is 4.58. The Kier molecular flexibility index (Phi) is 6.11. The van der Waals surface area contributed by atoms with Crippen molar-refractivity contribution in [2.24, 2.45) is 5.14 Å². The fourth-order valence-corrected chi connectivity index (χ4v) is 0. The van der Waals surface area contributed by atoms with Gasteiger partial charge in [0.15, 0.2) is 0 Å². The summed E-state index contributed by atoms with van der Waals surface area (Å²) in [5.41, 5.74) is 0. The third kappa shape index (κ3) is 7.87. The monoisotopic (exact) mass is 154 g/mol. The molecule has 9 heavy (non-hydrogen) atoms. The highest BCUT2D eigenvalue weighted by Gasteiger charge is 2.01. The first kappa shape index (κ1) is 11.6. The van der Waals surface area contributed by atoms with Gasteiger partial charge >= 0.3 is 0 Å². The summed E-state index contributed by atoms with van der Waals surface area (Å²) >= 11 is 0. The van der Waals surface area contributed by atoms with Crippen molar-refractivity contribution in [1.82, 2.24) is 4.31 Å². The van der Waals surface area contributed by atoms with Gasteiger partial charge in [-0.15, -0.1) is 0 Å². The Bertz CT molecular complexity index is 139. The molecule has 0 bridgehead atoms. The Morgan fingerprint density at radius 3 is 1.33 bits per heavy atom. The second-order valence-electron chi connectivity index (χ2n) is 1.33. The van der Waals surface area contributed by atoms with Crippen molar-refractivity contribution in [3.05, 3.63) is 0 Å². The first-order valence-corrected chi connectivity index (χ1v) is 4.15. The van der Waals surface area contributed by atoms with Crippen LogP contribution in [0.3, 0.4) is 0 Å². The molecule has 0 aliphatic carbocycles. The van der Waals surface area contributed by atoms with Crippen LogP contribution >= 0.6 is 0 Å². The number of nitrogens with zero attached hydrogens (tertiary/aromatic N) is 1. The molecular weight excluding hydrogens is 140 g/mol. The van der Waals surface area contributed by atoms with Gasteiger partial charge < -0.3 is 0 Å². The van der Waals surface area contributed by atoms with Gasteiger partial charge in [-0.2, -0.15) is 12.7 Å². The van der Waals surface area contributed by atoms with Gasteiger partial charge in [0.2, 0.25) is 0 Å². The van der Waals surface area contributed by atoms with Gasteiger partial charge in [-0.25, -0.2) is 5.14 Å². The molecule has 0 aromatic rings. The zero-order valence-corrected chi connectivity index (χ0v) is 7.07. The van der Waals surface area contributed by atoms with Crippen molar-refractivity contribution in [2.45, 2.75) is 13.8 Å². The zero-order chi connectivity index (χ0) is 8.08. The van der Waals surface area contributed by atoms with Crippen molar-refractivity contribution < 1.29 is 8.42 Å². The highest BCUT2D eigenvalue weighted by atomic mass is 32.2. The number of hydrogen-bond acceptors (Lipinski definition) is 2. The van der Waals surface area contributed by atoms with Crippen molar-refractivity contribution in [3.8, 4) is 0 Å². The lowest BCUT2D eigenvalue weighted by molar-refractivity contribution is 0.522. The maximum Gasteiger partial charge on any atom is 0.276 e. The SMILES string of the molecule is CC.CN(C)S(N)(=O)=O. The molecule has 5 heteroatoms. The van der Waals surface area contributed by atoms with E-state index >= 15 is 0 Å². The second-order valence-corrected chi connectivity index (χ2v) is 3.09. The Balaban J connectivity index is 0. The largest absolute Gasteiger partial charge is 0.276 e. The van der Waals surface area contributed by atoms with Crippen molar-refractivity contribution in [1.29, 1.82) is 0 Å². The molecule has 0 saturated carbocycles. The third-order valence-electron chi connectivity index (χ3n) is 0.509. The summed E-state index contributed by atoms with van der Waals surface area (Å²) in [6.07, 6.45) is 0. The van der Waals surface area contributed by atoms with Gasteiger partial charge in [-0.3, -0.25) is 0 Å². The van der Waals surface area contributed by atoms with Crippen molar-refractivity contribution in [3.63, 3.8) is 0 Å². The molecule has 0 atom stereocenters. The van der Waals surface area contributed by atoms with Gasteiger partial charge in [0.1, 0.15) is 0 Å². The maximum absolute atomic E-state index is 10.0.